The third-order valence-corrected chi connectivity index (χ3v) is 13.5. The average molecular weight is 1070 g/mol. The summed E-state index contributed by atoms with van der Waals surface area (Å²) in [6, 6.07) is -4.54. The molecule has 1 saturated heterocycles. The maximum absolute atomic E-state index is 13.4. The lowest BCUT2D eigenvalue weighted by Gasteiger charge is -2.43. The maximum Gasteiger partial charge on any atom is 0.306 e. The van der Waals surface area contributed by atoms with Crippen molar-refractivity contribution in [3.8, 4) is 0 Å². The second-order valence-electron chi connectivity index (χ2n) is 20.4. The van der Waals surface area contributed by atoms with Crippen LogP contribution < -0.4 is 21.7 Å². The lowest BCUT2D eigenvalue weighted by molar-refractivity contribution is -0.266. The van der Waals surface area contributed by atoms with Gasteiger partial charge in [-0.25, -0.2) is 0 Å². The summed E-state index contributed by atoms with van der Waals surface area (Å²) in [7, 11) is 0. The standard InChI is InChI=1S/C55H100N4O16/c1-6-8-10-12-14-16-18-20-22-24-26-28-30-32-45(63)71-37-42(74-47(65)33-31-29-27-25-23-21-19-17-15-13-11-9-7-2)38-72-46(64)35-34-43(52(56)67)58-54(69)48(39(3)61)59-53(68)40(4)73-51-49(57-41(5)62)55(70)75-44(36-60)50(51)66/h39-40,42-44,48-51,55,60-61,66,70H,6-38H2,1-5H3,(H2,56,67)(H,57,62)(H,58,69)(H,59,68)/t39-,40-,42-,43-,44-,48+,49-,50-,51-,55-/m1/s1. The third-order valence-electron chi connectivity index (χ3n) is 13.5. The van der Waals surface area contributed by atoms with Crippen molar-refractivity contribution < 1.29 is 77.7 Å². The lowest BCUT2D eigenvalue weighted by Crippen LogP contribution is -2.66. The molecule has 1 aliphatic heterocycles. The van der Waals surface area contributed by atoms with Gasteiger partial charge in [0, 0.05) is 26.2 Å². The van der Waals surface area contributed by atoms with Crippen LogP contribution in [0.15, 0.2) is 0 Å². The van der Waals surface area contributed by atoms with Crippen molar-refractivity contribution in [1.29, 1.82) is 0 Å². The summed E-state index contributed by atoms with van der Waals surface area (Å²) < 4.78 is 27.3. The van der Waals surface area contributed by atoms with Crippen LogP contribution in [-0.2, 0) is 57.2 Å². The minimum atomic E-state index is -1.73. The van der Waals surface area contributed by atoms with Gasteiger partial charge in [0.25, 0.3) is 0 Å². The predicted octanol–water partition coefficient (Wildman–Crippen LogP) is 5.91. The summed E-state index contributed by atoms with van der Waals surface area (Å²) in [6.07, 6.45) is 19.3. The summed E-state index contributed by atoms with van der Waals surface area (Å²) in [5, 5.41) is 48.2. The fraction of sp³-hybridized carbons (Fsp3) is 0.873. The highest BCUT2D eigenvalue weighted by atomic mass is 16.6. The number of amides is 4. The number of primary amides is 1. The molecule has 20 heteroatoms. The fourth-order valence-corrected chi connectivity index (χ4v) is 8.87. The molecular formula is C55H100N4O16. The van der Waals surface area contributed by atoms with E-state index in [1.165, 1.54) is 123 Å². The zero-order valence-corrected chi connectivity index (χ0v) is 46.4. The number of rotatable bonds is 46. The SMILES string of the molecule is CCCCCCCCCCCCCCCC(=O)OC[C@H](COC(=O)CC[C@@H](NC(=O)[C@@H](NC(=O)[C@@H](C)O[C@H]1[C@H](O)[C@@H](CO)O[C@@H](O)[C@@H]1NC(C)=O)[C@@H](C)O)C(N)=O)OC(=O)CCCCCCCCCCCCCCC. The highest BCUT2D eigenvalue weighted by Crippen LogP contribution is 2.24. The molecule has 0 bridgehead atoms. The van der Waals surface area contributed by atoms with Crippen molar-refractivity contribution in [1.82, 2.24) is 16.0 Å². The van der Waals surface area contributed by atoms with Gasteiger partial charge in [-0.05, 0) is 33.1 Å². The van der Waals surface area contributed by atoms with Crippen molar-refractivity contribution >= 4 is 41.5 Å². The monoisotopic (exact) mass is 1070 g/mol. The second-order valence-corrected chi connectivity index (χ2v) is 20.4. The Kier molecular flexibility index (Phi) is 39.7. The van der Waals surface area contributed by atoms with Crippen molar-refractivity contribution in [3.63, 3.8) is 0 Å². The van der Waals surface area contributed by atoms with E-state index < -0.39 is 122 Å². The number of nitrogens with two attached hydrogens (primary N) is 1. The normalized spacial score (nSPS) is 19.5. The van der Waals surface area contributed by atoms with Gasteiger partial charge < -0.3 is 65.8 Å². The second kappa shape index (κ2) is 43.1. The van der Waals surface area contributed by atoms with Crippen LogP contribution in [0, 0.1) is 0 Å². The van der Waals surface area contributed by atoms with Crippen LogP contribution in [-0.4, -0.2) is 143 Å². The van der Waals surface area contributed by atoms with Gasteiger partial charge in [-0.2, -0.15) is 0 Å². The third kappa shape index (κ3) is 33.1. The van der Waals surface area contributed by atoms with E-state index in [0.717, 1.165) is 51.9 Å². The number of carbonyl (C=O) groups excluding carboxylic acids is 7. The van der Waals surface area contributed by atoms with Crippen LogP contribution in [0.1, 0.15) is 227 Å². The molecule has 20 nitrogen and oxygen atoms in total. The molecule has 1 rings (SSSR count). The number of carbonyl (C=O) groups is 7. The largest absolute Gasteiger partial charge is 0.462 e. The van der Waals surface area contributed by atoms with E-state index in [0.29, 0.717) is 12.8 Å². The van der Waals surface area contributed by atoms with E-state index in [2.05, 4.69) is 29.8 Å². The van der Waals surface area contributed by atoms with Gasteiger partial charge in [0.05, 0.1) is 12.7 Å². The molecule has 75 heavy (non-hydrogen) atoms. The number of ether oxygens (including phenoxy) is 5. The van der Waals surface area contributed by atoms with Gasteiger partial charge in [-0.1, -0.05) is 168 Å². The molecule has 0 aromatic carbocycles. The Bertz CT molecular complexity index is 1590. The number of nitrogens with one attached hydrogen (secondary N) is 3. The molecule has 1 aliphatic rings. The Morgan fingerprint density at radius 1 is 0.600 bits per heavy atom. The number of hydrogen-bond acceptors (Lipinski definition) is 16. The van der Waals surface area contributed by atoms with Crippen LogP contribution in [0.25, 0.3) is 0 Å². The molecule has 0 radical (unpaired) electrons. The van der Waals surface area contributed by atoms with Crippen molar-refractivity contribution in [3.05, 3.63) is 0 Å². The number of aliphatic hydroxyl groups is 4. The van der Waals surface area contributed by atoms with Crippen molar-refractivity contribution in [2.45, 2.75) is 288 Å². The van der Waals surface area contributed by atoms with Crippen LogP contribution in [0.2, 0.25) is 0 Å². The highest BCUT2D eigenvalue weighted by molar-refractivity contribution is 5.93. The molecule has 0 saturated carbocycles. The van der Waals surface area contributed by atoms with E-state index in [4.69, 9.17) is 29.4 Å². The van der Waals surface area contributed by atoms with E-state index in [-0.39, 0.29) is 25.9 Å². The maximum atomic E-state index is 13.4. The quantitative estimate of drug-likeness (QED) is 0.0200. The average Bonchev–Trinajstić information content (AvgIpc) is 3.37. The first-order chi connectivity index (χ1) is 35.9. The topological polar surface area (TPSA) is 309 Å². The molecule has 0 aromatic heterocycles. The zero-order valence-electron chi connectivity index (χ0n) is 46.4. The van der Waals surface area contributed by atoms with Crippen LogP contribution in [0.3, 0.4) is 0 Å². The minimum absolute atomic E-state index is 0.141. The van der Waals surface area contributed by atoms with Crippen LogP contribution in [0.5, 0.6) is 0 Å². The van der Waals surface area contributed by atoms with Crippen molar-refractivity contribution in [2.75, 3.05) is 19.8 Å². The van der Waals surface area contributed by atoms with E-state index >= 15 is 0 Å². The minimum Gasteiger partial charge on any atom is -0.462 e. The molecule has 0 unspecified atom stereocenters. The highest BCUT2D eigenvalue weighted by Gasteiger charge is 2.47. The van der Waals surface area contributed by atoms with Crippen molar-refractivity contribution in [2.24, 2.45) is 5.73 Å². The Hall–Kier alpha value is -3.95. The fourth-order valence-electron chi connectivity index (χ4n) is 8.87. The molecule has 0 spiro atoms. The molecule has 10 atom stereocenters. The Morgan fingerprint density at radius 3 is 1.44 bits per heavy atom. The first kappa shape index (κ1) is 69.1. The smallest absolute Gasteiger partial charge is 0.306 e. The van der Waals surface area contributed by atoms with Gasteiger partial charge in [0.2, 0.25) is 23.6 Å². The molecule has 1 heterocycles. The number of esters is 3. The molecule has 9 N–H and O–H groups in total. The van der Waals surface area contributed by atoms with E-state index in [1.54, 1.807) is 0 Å². The molecule has 4 amide bonds. The molecule has 0 aliphatic carbocycles. The Balaban J connectivity index is 2.76. The van der Waals surface area contributed by atoms with E-state index in [1.807, 2.05) is 0 Å². The first-order valence-corrected chi connectivity index (χ1v) is 28.6. The van der Waals surface area contributed by atoms with Gasteiger partial charge in [-0.3, -0.25) is 33.6 Å². The number of hydrogen-bond donors (Lipinski definition) is 8. The summed E-state index contributed by atoms with van der Waals surface area (Å²) >= 11 is 0. The summed E-state index contributed by atoms with van der Waals surface area (Å²) in [5.41, 5.74) is 5.56. The Labute approximate surface area is 447 Å². The summed E-state index contributed by atoms with van der Waals surface area (Å²) in [6.45, 7) is 6.48. The number of unbranched alkanes of at least 4 members (excludes halogenated alkanes) is 24. The predicted molar refractivity (Wildman–Crippen MR) is 282 cm³/mol. The van der Waals surface area contributed by atoms with Gasteiger partial charge in [0.1, 0.15) is 55.8 Å². The zero-order chi connectivity index (χ0) is 55.8. The van der Waals surface area contributed by atoms with Gasteiger partial charge in [0.15, 0.2) is 12.4 Å². The molecule has 436 valence electrons. The lowest BCUT2D eigenvalue weighted by atomic mass is 9.96. The van der Waals surface area contributed by atoms with Crippen LogP contribution in [0.4, 0.5) is 0 Å². The van der Waals surface area contributed by atoms with Crippen LogP contribution >= 0.6 is 0 Å². The number of aliphatic hydroxyl groups excluding tert-OH is 4. The molecular weight excluding hydrogens is 973 g/mol. The molecule has 1 fully saturated rings. The summed E-state index contributed by atoms with van der Waals surface area (Å²) in [5.74, 6) is -5.55. The van der Waals surface area contributed by atoms with E-state index in [9.17, 15) is 54.0 Å². The molecule has 0 aromatic rings. The Morgan fingerprint density at radius 2 is 1.03 bits per heavy atom. The first-order valence-electron chi connectivity index (χ1n) is 28.6. The summed E-state index contributed by atoms with van der Waals surface area (Å²) in [4.78, 5) is 89.6. The van der Waals surface area contributed by atoms with Gasteiger partial charge >= 0.3 is 17.9 Å². The van der Waals surface area contributed by atoms with Gasteiger partial charge in [-0.15, -0.1) is 0 Å².